The lowest BCUT2D eigenvalue weighted by Gasteiger charge is -2.29. The van der Waals surface area contributed by atoms with Crippen molar-refractivity contribution in [3.05, 3.63) is 53.2 Å². The molecule has 1 unspecified atom stereocenters. The number of pyridine rings is 1. The number of hydrogen-bond donors (Lipinski definition) is 0. The van der Waals surface area contributed by atoms with Crippen molar-refractivity contribution in [3.8, 4) is 11.3 Å². The molecule has 0 saturated heterocycles. The van der Waals surface area contributed by atoms with Crippen molar-refractivity contribution in [2.75, 3.05) is 0 Å². The molecule has 0 N–H and O–H groups in total. The quantitative estimate of drug-likeness (QED) is 0.471. The molecule has 1 heteroatoms. The summed E-state index contributed by atoms with van der Waals surface area (Å²) in [6, 6.07) is 13.9. The van der Waals surface area contributed by atoms with E-state index in [1.165, 1.54) is 81.0 Å². The number of benzene rings is 1. The molecule has 1 saturated carbocycles. The van der Waals surface area contributed by atoms with Crippen LogP contribution in [0.3, 0.4) is 0 Å². The first-order chi connectivity index (χ1) is 13.7. The van der Waals surface area contributed by atoms with Crippen molar-refractivity contribution in [1.82, 2.24) is 4.98 Å². The fraction of sp³-hybridized carbons (Fsp3) is 0.593. The molecule has 1 aromatic carbocycles. The molecule has 0 amide bonds. The van der Waals surface area contributed by atoms with Gasteiger partial charge in [0, 0.05) is 11.3 Å². The van der Waals surface area contributed by atoms with Crippen LogP contribution in [0.15, 0.2) is 36.4 Å². The molecule has 1 aromatic heterocycles. The topological polar surface area (TPSA) is 12.9 Å². The largest absolute Gasteiger partial charge is 0.253 e. The number of aromatic nitrogens is 1. The average Bonchev–Trinajstić information content (AvgIpc) is 2.74. The summed E-state index contributed by atoms with van der Waals surface area (Å²) in [5.41, 5.74) is 6.77. The lowest BCUT2D eigenvalue weighted by Crippen LogP contribution is -2.13. The Balaban J connectivity index is 1.37. The van der Waals surface area contributed by atoms with Crippen LogP contribution < -0.4 is 0 Å². The molecule has 1 fully saturated rings. The van der Waals surface area contributed by atoms with Gasteiger partial charge in [0.15, 0.2) is 0 Å². The van der Waals surface area contributed by atoms with Gasteiger partial charge in [-0.1, -0.05) is 69.9 Å². The van der Waals surface area contributed by atoms with Crippen molar-refractivity contribution >= 4 is 0 Å². The summed E-state index contributed by atoms with van der Waals surface area (Å²) in [6.07, 6.45) is 14.9. The minimum Gasteiger partial charge on any atom is -0.253 e. The Morgan fingerprint density at radius 3 is 2.43 bits per heavy atom. The van der Waals surface area contributed by atoms with Crippen LogP contribution in [0, 0.1) is 11.8 Å². The zero-order valence-electron chi connectivity index (χ0n) is 17.9. The SMILES string of the molecule is CCCCCC1CCC(c2ccc(-c3ccc4c(n3)CCC(C)C4)cc2)CC1. The summed E-state index contributed by atoms with van der Waals surface area (Å²) in [6.45, 7) is 4.66. The van der Waals surface area contributed by atoms with E-state index in [1.54, 1.807) is 5.56 Å². The van der Waals surface area contributed by atoms with E-state index in [-0.39, 0.29) is 0 Å². The number of unbranched alkanes of at least 4 members (excludes halogenated alkanes) is 2. The first-order valence-corrected chi connectivity index (χ1v) is 11.8. The molecule has 0 radical (unpaired) electrons. The third-order valence-corrected chi connectivity index (χ3v) is 7.25. The van der Waals surface area contributed by atoms with E-state index in [1.807, 2.05) is 0 Å². The summed E-state index contributed by atoms with van der Waals surface area (Å²) in [4.78, 5) is 5.01. The number of nitrogens with zero attached hydrogens (tertiary/aromatic N) is 1. The molecule has 1 heterocycles. The van der Waals surface area contributed by atoms with E-state index >= 15 is 0 Å². The standard InChI is InChI=1S/C27H37N/c1-3-4-5-6-21-8-10-22(11-9-21)23-12-14-24(15-13-23)26-18-16-25-19-20(2)7-17-27(25)28-26/h12-16,18,20-22H,3-11,17,19H2,1-2H3. The highest BCUT2D eigenvalue weighted by molar-refractivity contribution is 5.60. The summed E-state index contributed by atoms with van der Waals surface area (Å²) >= 11 is 0. The normalized spacial score (nSPS) is 24.7. The Hall–Kier alpha value is -1.63. The Morgan fingerprint density at radius 1 is 0.893 bits per heavy atom. The third kappa shape index (κ3) is 4.67. The predicted octanol–water partition coefficient (Wildman–Crippen LogP) is 7.73. The molecule has 2 aromatic rings. The van der Waals surface area contributed by atoms with Crippen molar-refractivity contribution in [1.29, 1.82) is 0 Å². The highest BCUT2D eigenvalue weighted by Gasteiger charge is 2.22. The van der Waals surface area contributed by atoms with Crippen LogP contribution in [0.2, 0.25) is 0 Å². The fourth-order valence-electron chi connectivity index (χ4n) is 5.35. The lowest BCUT2D eigenvalue weighted by molar-refractivity contribution is 0.303. The minimum absolute atomic E-state index is 0.773. The Labute approximate surface area is 172 Å². The van der Waals surface area contributed by atoms with Gasteiger partial charge in [-0.3, -0.25) is 4.98 Å². The van der Waals surface area contributed by atoms with Crippen LogP contribution in [-0.4, -0.2) is 4.98 Å². The van der Waals surface area contributed by atoms with E-state index in [9.17, 15) is 0 Å². The van der Waals surface area contributed by atoms with Crippen molar-refractivity contribution in [2.24, 2.45) is 11.8 Å². The van der Waals surface area contributed by atoms with Crippen molar-refractivity contribution in [3.63, 3.8) is 0 Å². The Bertz CT molecular complexity index is 752. The molecular weight excluding hydrogens is 338 g/mol. The Morgan fingerprint density at radius 2 is 1.68 bits per heavy atom. The van der Waals surface area contributed by atoms with Gasteiger partial charge in [0.25, 0.3) is 0 Å². The molecule has 1 atom stereocenters. The van der Waals surface area contributed by atoms with Crippen LogP contribution in [0.5, 0.6) is 0 Å². The molecule has 150 valence electrons. The van der Waals surface area contributed by atoms with E-state index in [0.29, 0.717) is 0 Å². The fourth-order valence-corrected chi connectivity index (χ4v) is 5.35. The average molecular weight is 376 g/mol. The molecule has 2 aliphatic rings. The highest BCUT2D eigenvalue weighted by Crippen LogP contribution is 2.38. The molecule has 0 bridgehead atoms. The number of fused-ring (bicyclic) bond motifs is 1. The molecule has 1 nitrogen and oxygen atoms in total. The molecule has 0 aliphatic heterocycles. The van der Waals surface area contributed by atoms with Crippen molar-refractivity contribution in [2.45, 2.75) is 90.4 Å². The summed E-state index contributed by atoms with van der Waals surface area (Å²) in [5.74, 6) is 2.57. The minimum atomic E-state index is 0.773. The predicted molar refractivity (Wildman–Crippen MR) is 120 cm³/mol. The van der Waals surface area contributed by atoms with Gasteiger partial charge in [-0.2, -0.15) is 0 Å². The van der Waals surface area contributed by atoms with Gasteiger partial charge < -0.3 is 0 Å². The smallest absolute Gasteiger partial charge is 0.0705 e. The van der Waals surface area contributed by atoms with Gasteiger partial charge in [0.2, 0.25) is 0 Å². The van der Waals surface area contributed by atoms with Crippen LogP contribution in [0.4, 0.5) is 0 Å². The first kappa shape index (κ1) is 19.7. The summed E-state index contributed by atoms with van der Waals surface area (Å²) < 4.78 is 0. The zero-order chi connectivity index (χ0) is 19.3. The second kappa shape index (κ2) is 9.25. The first-order valence-electron chi connectivity index (χ1n) is 11.8. The van der Waals surface area contributed by atoms with Crippen LogP contribution in [0.25, 0.3) is 11.3 Å². The molecule has 4 rings (SSSR count). The second-order valence-corrected chi connectivity index (χ2v) is 9.49. The number of rotatable bonds is 6. The monoisotopic (exact) mass is 375 g/mol. The zero-order valence-corrected chi connectivity index (χ0v) is 17.9. The van der Waals surface area contributed by atoms with Gasteiger partial charge in [0.1, 0.15) is 0 Å². The van der Waals surface area contributed by atoms with E-state index in [0.717, 1.165) is 29.9 Å². The summed E-state index contributed by atoms with van der Waals surface area (Å²) in [5, 5.41) is 0. The van der Waals surface area contributed by atoms with Gasteiger partial charge >= 0.3 is 0 Å². The van der Waals surface area contributed by atoms with Crippen LogP contribution in [0.1, 0.15) is 94.4 Å². The van der Waals surface area contributed by atoms with E-state index < -0.39 is 0 Å². The maximum Gasteiger partial charge on any atom is 0.0705 e. The molecular formula is C27H37N. The van der Waals surface area contributed by atoms with E-state index in [4.69, 9.17) is 4.98 Å². The lowest BCUT2D eigenvalue weighted by atomic mass is 9.77. The third-order valence-electron chi connectivity index (χ3n) is 7.25. The molecule has 2 aliphatic carbocycles. The van der Waals surface area contributed by atoms with Crippen molar-refractivity contribution < 1.29 is 0 Å². The van der Waals surface area contributed by atoms with Gasteiger partial charge in [-0.15, -0.1) is 0 Å². The molecule has 0 spiro atoms. The Kier molecular flexibility index (Phi) is 6.50. The van der Waals surface area contributed by atoms with Crippen LogP contribution >= 0.6 is 0 Å². The number of aryl methyl sites for hydroxylation is 1. The second-order valence-electron chi connectivity index (χ2n) is 9.49. The van der Waals surface area contributed by atoms with Gasteiger partial charge in [0.05, 0.1) is 5.69 Å². The highest BCUT2D eigenvalue weighted by atomic mass is 14.7. The summed E-state index contributed by atoms with van der Waals surface area (Å²) in [7, 11) is 0. The van der Waals surface area contributed by atoms with Crippen LogP contribution in [-0.2, 0) is 12.8 Å². The maximum atomic E-state index is 5.01. The van der Waals surface area contributed by atoms with E-state index in [2.05, 4.69) is 50.2 Å². The molecule has 28 heavy (non-hydrogen) atoms. The van der Waals surface area contributed by atoms with Gasteiger partial charge in [-0.05, 0) is 79.9 Å². The van der Waals surface area contributed by atoms with Gasteiger partial charge in [-0.25, -0.2) is 0 Å². The number of hydrogen-bond acceptors (Lipinski definition) is 1. The maximum absolute atomic E-state index is 5.01.